The molecule has 4 heteroatoms. The first-order valence-electron chi connectivity index (χ1n) is 5.06. The van der Waals surface area contributed by atoms with Gasteiger partial charge in [0.2, 0.25) is 0 Å². The van der Waals surface area contributed by atoms with Crippen LogP contribution in [0.4, 0.5) is 0 Å². The Kier molecular flexibility index (Phi) is 2.40. The Hall–Kier alpha value is -0.280. The summed E-state index contributed by atoms with van der Waals surface area (Å²) in [5.41, 5.74) is 2.36. The summed E-state index contributed by atoms with van der Waals surface area (Å²) in [6, 6.07) is 3.96. The van der Waals surface area contributed by atoms with Crippen molar-refractivity contribution in [1.82, 2.24) is 5.32 Å². The summed E-state index contributed by atoms with van der Waals surface area (Å²) in [6.45, 7) is 2.48. The molecule has 2 nitrogen and oxygen atoms in total. The third-order valence-electron chi connectivity index (χ3n) is 3.23. The lowest BCUT2D eigenvalue weighted by Crippen LogP contribution is -2.27. The monoisotopic (exact) mass is 243 g/mol. The lowest BCUT2D eigenvalue weighted by molar-refractivity contribution is 0.0300. The van der Waals surface area contributed by atoms with Gasteiger partial charge in [0, 0.05) is 24.6 Å². The molecule has 0 amide bonds. The Morgan fingerprint density at radius 3 is 3.00 bits per heavy atom. The Morgan fingerprint density at radius 2 is 2.13 bits per heavy atom. The molecular formula is C11H11Cl2NO. The standard InChI is InChI=1S/C11H11Cl2NO/c12-9-2-1-6-7-3-14-4-10(7)15-5-8(6)11(9)13/h1-2,7,10,14H,3-5H2. The van der Waals surface area contributed by atoms with Crippen LogP contribution >= 0.6 is 23.2 Å². The van der Waals surface area contributed by atoms with Crippen LogP contribution in [0.15, 0.2) is 12.1 Å². The minimum Gasteiger partial charge on any atom is -0.371 e. The highest BCUT2D eigenvalue weighted by atomic mass is 35.5. The summed E-state index contributed by atoms with van der Waals surface area (Å²) in [6.07, 6.45) is 0.301. The molecule has 1 N–H and O–H groups in total. The van der Waals surface area contributed by atoms with E-state index in [1.165, 1.54) is 5.56 Å². The molecule has 2 atom stereocenters. The van der Waals surface area contributed by atoms with Crippen LogP contribution in [0.25, 0.3) is 0 Å². The van der Waals surface area contributed by atoms with Crippen LogP contribution in [0.3, 0.4) is 0 Å². The van der Waals surface area contributed by atoms with Crippen molar-refractivity contribution in [2.45, 2.75) is 18.6 Å². The van der Waals surface area contributed by atoms with Crippen LogP contribution in [0.5, 0.6) is 0 Å². The largest absolute Gasteiger partial charge is 0.371 e. The van der Waals surface area contributed by atoms with Crippen molar-refractivity contribution in [2.24, 2.45) is 0 Å². The number of hydrogen-bond donors (Lipinski definition) is 1. The van der Waals surface area contributed by atoms with E-state index in [9.17, 15) is 0 Å². The Bertz CT molecular complexity index is 408. The summed E-state index contributed by atoms with van der Waals surface area (Å²) >= 11 is 12.2. The maximum Gasteiger partial charge on any atom is 0.0784 e. The third kappa shape index (κ3) is 1.48. The predicted molar refractivity (Wildman–Crippen MR) is 60.6 cm³/mol. The van der Waals surface area contributed by atoms with Crippen LogP contribution < -0.4 is 5.32 Å². The van der Waals surface area contributed by atoms with E-state index in [0.29, 0.717) is 28.7 Å². The smallest absolute Gasteiger partial charge is 0.0784 e. The van der Waals surface area contributed by atoms with E-state index in [1.54, 1.807) is 0 Å². The summed E-state index contributed by atoms with van der Waals surface area (Å²) in [5.74, 6) is 0.434. The zero-order valence-electron chi connectivity index (χ0n) is 8.09. The second kappa shape index (κ2) is 3.63. The highest BCUT2D eigenvalue weighted by Crippen LogP contribution is 2.39. The molecule has 3 rings (SSSR count). The molecule has 1 aromatic carbocycles. The molecule has 1 aromatic rings. The Balaban J connectivity index is 2.11. The van der Waals surface area contributed by atoms with E-state index in [0.717, 1.165) is 18.7 Å². The van der Waals surface area contributed by atoms with E-state index < -0.39 is 0 Å². The van der Waals surface area contributed by atoms with Gasteiger partial charge in [0.05, 0.1) is 22.8 Å². The Morgan fingerprint density at radius 1 is 1.27 bits per heavy atom. The van der Waals surface area contributed by atoms with Crippen molar-refractivity contribution in [2.75, 3.05) is 13.1 Å². The molecule has 80 valence electrons. The molecule has 1 saturated heterocycles. The van der Waals surface area contributed by atoms with Gasteiger partial charge in [-0.2, -0.15) is 0 Å². The van der Waals surface area contributed by atoms with E-state index >= 15 is 0 Å². The first-order chi connectivity index (χ1) is 7.27. The summed E-state index contributed by atoms with van der Waals surface area (Å²) in [7, 11) is 0. The van der Waals surface area contributed by atoms with Crippen LogP contribution in [-0.2, 0) is 11.3 Å². The molecule has 0 bridgehead atoms. The summed E-state index contributed by atoms with van der Waals surface area (Å²) in [4.78, 5) is 0. The van der Waals surface area contributed by atoms with E-state index in [4.69, 9.17) is 27.9 Å². The van der Waals surface area contributed by atoms with Crippen LogP contribution in [-0.4, -0.2) is 19.2 Å². The summed E-state index contributed by atoms with van der Waals surface area (Å²) < 4.78 is 5.76. The number of fused-ring (bicyclic) bond motifs is 3. The number of benzene rings is 1. The van der Waals surface area contributed by atoms with Gasteiger partial charge < -0.3 is 10.1 Å². The van der Waals surface area contributed by atoms with Crippen molar-refractivity contribution in [3.63, 3.8) is 0 Å². The number of ether oxygens (including phenoxy) is 1. The van der Waals surface area contributed by atoms with Gasteiger partial charge >= 0.3 is 0 Å². The molecule has 1 fully saturated rings. The predicted octanol–water partition coefficient (Wildman–Crippen LogP) is 2.58. The van der Waals surface area contributed by atoms with Gasteiger partial charge in [0.1, 0.15) is 0 Å². The summed E-state index contributed by atoms with van der Waals surface area (Å²) in [5, 5.41) is 4.60. The second-order valence-corrected chi connectivity index (χ2v) is 4.83. The van der Waals surface area contributed by atoms with Gasteiger partial charge in [-0.1, -0.05) is 29.3 Å². The number of halogens is 2. The first kappa shape index (κ1) is 9.91. The maximum atomic E-state index is 6.17. The SMILES string of the molecule is Clc1ccc2c(c1Cl)COC1CNCC21. The fourth-order valence-electron chi connectivity index (χ4n) is 2.43. The Labute approximate surface area is 98.5 Å². The topological polar surface area (TPSA) is 21.3 Å². The van der Waals surface area contributed by atoms with Gasteiger partial charge in [0.25, 0.3) is 0 Å². The van der Waals surface area contributed by atoms with Crippen LogP contribution in [0.2, 0.25) is 10.0 Å². The van der Waals surface area contributed by atoms with Gasteiger partial charge in [-0.25, -0.2) is 0 Å². The molecule has 2 heterocycles. The molecular weight excluding hydrogens is 233 g/mol. The van der Waals surface area contributed by atoms with Gasteiger partial charge in [-0.05, 0) is 11.6 Å². The second-order valence-electron chi connectivity index (χ2n) is 4.04. The average molecular weight is 244 g/mol. The highest BCUT2D eigenvalue weighted by molar-refractivity contribution is 6.42. The van der Waals surface area contributed by atoms with E-state index in [1.807, 2.05) is 6.07 Å². The zero-order valence-corrected chi connectivity index (χ0v) is 9.61. The van der Waals surface area contributed by atoms with Gasteiger partial charge in [-0.15, -0.1) is 0 Å². The van der Waals surface area contributed by atoms with Gasteiger partial charge in [-0.3, -0.25) is 0 Å². The molecule has 0 radical (unpaired) electrons. The molecule has 2 aliphatic heterocycles. The van der Waals surface area contributed by atoms with Crippen molar-refractivity contribution in [1.29, 1.82) is 0 Å². The third-order valence-corrected chi connectivity index (χ3v) is 4.08. The van der Waals surface area contributed by atoms with E-state index in [-0.39, 0.29) is 0 Å². The molecule has 15 heavy (non-hydrogen) atoms. The molecule has 2 unspecified atom stereocenters. The number of rotatable bonds is 0. The molecule has 0 spiro atoms. The first-order valence-corrected chi connectivity index (χ1v) is 5.82. The quantitative estimate of drug-likeness (QED) is 0.757. The zero-order chi connectivity index (χ0) is 10.4. The van der Waals surface area contributed by atoms with Crippen molar-refractivity contribution in [3.8, 4) is 0 Å². The highest BCUT2D eigenvalue weighted by Gasteiger charge is 2.35. The normalized spacial score (nSPS) is 28.7. The molecule has 0 aromatic heterocycles. The minimum atomic E-state index is 0.301. The minimum absolute atomic E-state index is 0.301. The van der Waals surface area contributed by atoms with Crippen LogP contribution in [0.1, 0.15) is 17.0 Å². The van der Waals surface area contributed by atoms with Crippen molar-refractivity contribution >= 4 is 23.2 Å². The number of hydrogen-bond acceptors (Lipinski definition) is 2. The average Bonchev–Trinajstić information content (AvgIpc) is 2.71. The molecule has 0 aliphatic carbocycles. The lowest BCUT2D eigenvalue weighted by Gasteiger charge is -2.28. The van der Waals surface area contributed by atoms with Crippen molar-refractivity contribution in [3.05, 3.63) is 33.3 Å². The molecule has 0 saturated carbocycles. The van der Waals surface area contributed by atoms with E-state index in [2.05, 4.69) is 11.4 Å². The maximum absolute atomic E-state index is 6.17. The fraction of sp³-hybridized carbons (Fsp3) is 0.455. The van der Waals surface area contributed by atoms with Gasteiger partial charge in [0.15, 0.2) is 0 Å². The van der Waals surface area contributed by atoms with Crippen LogP contribution in [0, 0.1) is 0 Å². The van der Waals surface area contributed by atoms with Crippen molar-refractivity contribution < 1.29 is 4.74 Å². The number of nitrogens with one attached hydrogen (secondary N) is 1. The molecule has 2 aliphatic rings. The lowest BCUT2D eigenvalue weighted by atomic mass is 9.90. The fourth-order valence-corrected chi connectivity index (χ4v) is 2.84.